The van der Waals surface area contributed by atoms with Gasteiger partial charge in [0, 0.05) is 30.5 Å². The first-order valence-corrected chi connectivity index (χ1v) is 7.05. The highest BCUT2D eigenvalue weighted by molar-refractivity contribution is 5.54. The van der Waals surface area contributed by atoms with E-state index in [2.05, 4.69) is 52.3 Å². The van der Waals surface area contributed by atoms with Crippen LogP contribution in [0.15, 0.2) is 42.7 Å². The monoisotopic (exact) mass is 257 g/mol. The van der Waals surface area contributed by atoms with E-state index < -0.39 is 0 Å². The van der Waals surface area contributed by atoms with Crippen molar-refractivity contribution in [3.8, 4) is 11.4 Å². The fraction of sp³-hybridized carbons (Fsp3) is 0.438. The first-order chi connectivity index (χ1) is 9.31. The maximum Gasteiger partial charge on any atom is 0.139 e. The Balaban J connectivity index is 1.90. The quantitative estimate of drug-likeness (QED) is 0.771. The summed E-state index contributed by atoms with van der Waals surface area (Å²) in [5.41, 5.74) is 1.19. The third-order valence-corrected chi connectivity index (χ3v) is 3.53. The van der Waals surface area contributed by atoms with Gasteiger partial charge in [0.25, 0.3) is 0 Å². The molecule has 0 amide bonds. The lowest BCUT2D eigenvalue weighted by molar-refractivity contribution is 0.506. The van der Waals surface area contributed by atoms with Crippen molar-refractivity contribution >= 4 is 0 Å². The zero-order valence-electron chi connectivity index (χ0n) is 11.8. The average Bonchev–Trinajstić information content (AvgIpc) is 2.92. The summed E-state index contributed by atoms with van der Waals surface area (Å²) in [6.45, 7) is 3.27. The Morgan fingerprint density at radius 3 is 2.74 bits per heavy atom. The molecule has 0 saturated carbocycles. The normalized spacial score (nSPS) is 12.5. The lowest BCUT2D eigenvalue weighted by atomic mass is 10.1. The van der Waals surface area contributed by atoms with Gasteiger partial charge < -0.3 is 9.88 Å². The maximum atomic E-state index is 4.47. The van der Waals surface area contributed by atoms with E-state index in [4.69, 9.17) is 0 Å². The second kappa shape index (κ2) is 7.10. The number of hydrogen-bond acceptors (Lipinski definition) is 2. The topological polar surface area (TPSA) is 29.9 Å². The molecule has 3 heteroatoms. The molecule has 0 fully saturated rings. The molecule has 1 aromatic heterocycles. The molecule has 0 aliphatic carbocycles. The van der Waals surface area contributed by atoms with Crippen molar-refractivity contribution in [2.75, 3.05) is 7.05 Å². The van der Waals surface area contributed by atoms with E-state index in [1.54, 1.807) is 0 Å². The van der Waals surface area contributed by atoms with Crippen LogP contribution in [0, 0.1) is 0 Å². The fourth-order valence-corrected chi connectivity index (χ4v) is 2.21. The number of nitrogens with one attached hydrogen (secondary N) is 1. The summed E-state index contributed by atoms with van der Waals surface area (Å²) in [5, 5.41) is 3.28. The molecule has 0 saturated heterocycles. The highest BCUT2D eigenvalue weighted by Crippen LogP contribution is 2.17. The number of rotatable bonds is 7. The molecular weight excluding hydrogens is 234 g/mol. The molecule has 0 aliphatic heterocycles. The zero-order chi connectivity index (χ0) is 13.5. The minimum absolute atomic E-state index is 0.608. The number of aryl methyl sites for hydroxylation is 1. The van der Waals surface area contributed by atoms with Crippen molar-refractivity contribution in [1.82, 2.24) is 14.9 Å². The SMILES string of the molecule is CNC(C)CCCCn1ccnc1-c1ccccc1. The van der Waals surface area contributed by atoms with Crippen LogP contribution in [0.25, 0.3) is 11.4 Å². The van der Waals surface area contributed by atoms with Gasteiger partial charge in [0.2, 0.25) is 0 Å². The van der Waals surface area contributed by atoms with E-state index in [0.29, 0.717) is 6.04 Å². The summed E-state index contributed by atoms with van der Waals surface area (Å²) < 4.78 is 2.25. The molecule has 102 valence electrons. The van der Waals surface area contributed by atoms with Crippen LogP contribution in [0.2, 0.25) is 0 Å². The van der Waals surface area contributed by atoms with E-state index in [0.717, 1.165) is 12.4 Å². The predicted molar refractivity (Wildman–Crippen MR) is 80.0 cm³/mol. The molecule has 2 aromatic rings. The highest BCUT2D eigenvalue weighted by Gasteiger charge is 2.05. The Morgan fingerprint density at radius 2 is 2.00 bits per heavy atom. The molecule has 2 rings (SSSR count). The van der Waals surface area contributed by atoms with Crippen LogP contribution in [-0.2, 0) is 6.54 Å². The van der Waals surface area contributed by atoms with Crippen molar-refractivity contribution in [3.63, 3.8) is 0 Å². The van der Waals surface area contributed by atoms with Crippen molar-refractivity contribution in [3.05, 3.63) is 42.7 Å². The smallest absolute Gasteiger partial charge is 0.139 e. The molecule has 1 aromatic carbocycles. The van der Waals surface area contributed by atoms with E-state index in [9.17, 15) is 0 Å². The molecule has 1 atom stereocenters. The number of aromatic nitrogens is 2. The first-order valence-electron chi connectivity index (χ1n) is 7.05. The summed E-state index contributed by atoms with van der Waals surface area (Å²) in [6.07, 6.45) is 7.63. The number of imidazole rings is 1. The average molecular weight is 257 g/mol. The molecule has 1 heterocycles. The molecule has 3 nitrogen and oxygen atoms in total. The highest BCUT2D eigenvalue weighted by atomic mass is 15.1. The van der Waals surface area contributed by atoms with Gasteiger partial charge in [-0.3, -0.25) is 0 Å². The van der Waals surface area contributed by atoms with Crippen molar-refractivity contribution < 1.29 is 0 Å². The summed E-state index contributed by atoms with van der Waals surface area (Å²) in [5.74, 6) is 1.07. The molecule has 1 N–H and O–H groups in total. The van der Waals surface area contributed by atoms with Crippen LogP contribution >= 0.6 is 0 Å². The number of hydrogen-bond donors (Lipinski definition) is 1. The second-order valence-corrected chi connectivity index (χ2v) is 5.00. The van der Waals surface area contributed by atoms with E-state index in [1.165, 1.54) is 24.8 Å². The Labute approximate surface area is 115 Å². The molecule has 0 aliphatic rings. The minimum Gasteiger partial charge on any atom is -0.331 e. The summed E-state index contributed by atoms with van der Waals surface area (Å²) in [4.78, 5) is 4.47. The molecular formula is C16H23N3. The Hall–Kier alpha value is -1.61. The Morgan fingerprint density at radius 1 is 1.21 bits per heavy atom. The first kappa shape index (κ1) is 13.8. The van der Waals surface area contributed by atoms with Crippen LogP contribution < -0.4 is 5.32 Å². The predicted octanol–water partition coefficient (Wildman–Crippen LogP) is 3.33. The molecule has 1 unspecified atom stereocenters. The fourth-order valence-electron chi connectivity index (χ4n) is 2.21. The Bertz CT molecular complexity index is 476. The Kier molecular flexibility index (Phi) is 5.16. The lowest BCUT2D eigenvalue weighted by Crippen LogP contribution is -2.20. The van der Waals surface area contributed by atoms with E-state index >= 15 is 0 Å². The van der Waals surface area contributed by atoms with Crippen LogP contribution in [0.1, 0.15) is 26.2 Å². The standard InChI is InChI=1S/C16H23N3/c1-14(17-2)8-6-7-12-19-13-11-18-16(19)15-9-4-3-5-10-15/h3-5,9-11,13-14,17H,6-8,12H2,1-2H3. The van der Waals surface area contributed by atoms with Crippen LogP contribution in [0.3, 0.4) is 0 Å². The van der Waals surface area contributed by atoms with E-state index in [-0.39, 0.29) is 0 Å². The second-order valence-electron chi connectivity index (χ2n) is 5.00. The largest absolute Gasteiger partial charge is 0.331 e. The third-order valence-electron chi connectivity index (χ3n) is 3.53. The number of unbranched alkanes of at least 4 members (excludes halogenated alkanes) is 1. The molecule has 0 bridgehead atoms. The van der Waals surface area contributed by atoms with Crippen LogP contribution in [0.5, 0.6) is 0 Å². The van der Waals surface area contributed by atoms with Gasteiger partial charge in [-0.2, -0.15) is 0 Å². The van der Waals surface area contributed by atoms with Crippen molar-refractivity contribution in [1.29, 1.82) is 0 Å². The van der Waals surface area contributed by atoms with Gasteiger partial charge in [0.15, 0.2) is 0 Å². The van der Waals surface area contributed by atoms with Crippen molar-refractivity contribution in [2.45, 2.75) is 38.8 Å². The number of benzene rings is 1. The van der Waals surface area contributed by atoms with Gasteiger partial charge in [0.05, 0.1) is 0 Å². The molecule has 0 spiro atoms. The zero-order valence-corrected chi connectivity index (χ0v) is 11.8. The third kappa shape index (κ3) is 3.93. The van der Waals surface area contributed by atoms with Crippen molar-refractivity contribution in [2.24, 2.45) is 0 Å². The van der Waals surface area contributed by atoms with Gasteiger partial charge in [-0.15, -0.1) is 0 Å². The van der Waals surface area contributed by atoms with Crippen LogP contribution in [-0.4, -0.2) is 22.6 Å². The lowest BCUT2D eigenvalue weighted by Gasteiger charge is -2.11. The van der Waals surface area contributed by atoms with E-state index in [1.807, 2.05) is 19.3 Å². The van der Waals surface area contributed by atoms with Crippen LogP contribution in [0.4, 0.5) is 0 Å². The summed E-state index contributed by atoms with van der Waals surface area (Å²) in [7, 11) is 2.02. The summed E-state index contributed by atoms with van der Waals surface area (Å²) in [6, 6.07) is 11.0. The maximum absolute atomic E-state index is 4.47. The van der Waals surface area contributed by atoms with Gasteiger partial charge in [-0.05, 0) is 26.8 Å². The van der Waals surface area contributed by atoms with Gasteiger partial charge >= 0.3 is 0 Å². The van der Waals surface area contributed by atoms with Gasteiger partial charge in [-0.1, -0.05) is 36.8 Å². The molecule has 0 radical (unpaired) electrons. The van der Waals surface area contributed by atoms with Gasteiger partial charge in [-0.25, -0.2) is 4.98 Å². The minimum atomic E-state index is 0.608. The summed E-state index contributed by atoms with van der Waals surface area (Å²) >= 11 is 0. The number of nitrogens with zero attached hydrogens (tertiary/aromatic N) is 2. The molecule has 19 heavy (non-hydrogen) atoms. The van der Waals surface area contributed by atoms with Gasteiger partial charge in [0.1, 0.15) is 5.82 Å².